The van der Waals surface area contributed by atoms with Gasteiger partial charge in [0, 0.05) is 6.10 Å². The van der Waals surface area contributed by atoms with E-state index in [9.17, 15) is 0 Å². The van der Waals surface area contributed by atoms with E-state index in [0.717, 1.165) is 6.42 Å². The van der Waals surface area contributed by atoms with Crippen LogP contribution in [0, 0.1) is 0 Å². The first kappa shape index (κ1) is 12.4. The van der Waals surface area contributed by atoms with E-state index in [1.165, 1.54) is 0 Å². The molecule has 0 aromatic rings. The van der Waals surface area contributed by atoms with Crippen molar-refractivity contribution in [3.05, 3.63) is 0 Å². The zero-order chi connectivity index (χ0) is 9.78. The van der Waals surface area contributed by atoms with Gasteiger partial charge in [-0.2, -0.15) is 0 Å². The molecule has 4 heteroatoms. The van der Waals surface area contributed by atoms with Gasteiger partial charge in [0.15, 0.2) is 8.32 Å². The van der Waals surface area contributed by atoms with E-state index in [1.807, 2.05) is 0 Å². The molecule has 0 aromatic heterocycles. The largest absolute Gasteiger partial charge is 0.438 e. The van der Waals surface area contributed by atoms with Gasteiger partial charge in [-0.1, -0.05) is 6.92 Å². The highest BCUT2D eigenvalue weighted by Gasteiger charge is 2.20. The van der Waals surface area contributed by atoms with Crippen molar-refractivity contribution in [3.63, 3.8) is 0 Å². The molecule has 74 valence electrons. The summed E-state index contributed by atoms with van der Waals surface area (Å²) in [6.07, 6.45) is 1.44. The molecule has 0 aliphatic carbocycles. The van der Waals surface area contributed by atoms with Crippen LogP contribution in [0.2, 0.25) is 26.2 Å². The lowest BCUT2D eigenvalue weighted by molar-refractivity contribution is 0.185. The molecular weight excluding hydrogens is 184 g/mol. The van der Waals surface area contributed by atoms with E-state index in [0.29, 0.717) is 6.10 Å². The first-order valence-corrected chi connectivity index (χ1v) is 10.2. The Kier molecular flexibility index (Phi) is 5.32. The van der Waals surface area contributed by atoms with E-state index >= 15 is 0 Å². The second-order valence-corrected chi connectivity index (χ2v) is 10.7. The molecule has 0 bridgehead atoms. The molecule has 12 heavy (non-hydrogen) atoms. The fourth-order valence-corrected chi connectivity index (χ4v) is 6.00. The zero-order valence-electron chi connectivity index (χ0n) is 9.18. The summed E-state index contributed by atoms with van der Waals surface area (Å²) in [5.74, 6) is 0. The Morgan fingerprint density at radius 1 is 1.33 bits per heavy atom. The first-order valence-electron chi connectivity index (χ1n) is 4.68. The third-order valence-corrected chi connectivity index (χ3v) is 6.52. The molecule has 0 spiro atoms. The minimum absolute atomic E-state index is 0.364. The summed E-state index contributed by atoms with van der Waals surface area (Å²) >= 11 is 0. The van der Waals surface area contributed by atoms with E-state index in [1.54, 1.807) is 0 Å². The Morgan fingerprint density at radius 2 is 1.83 bits per heavy atom. The van der Waals surface area contributed by atoms with Crippen LogP contribution in [0.3, 0.4) is 0 Å². The molecule has 0 saturated heterocycles. The van der Waals surface area contributed by atoms with Crippen molar-refractivity contribution < 1.29 is 8.54 Å². The first-order chi connectivity index (χ1) is 5.35. The van der Waals surface area contributed by atoms with Crippen molar-refractivity contribution in [2.24, 2.45) is 0 Å². The molecule has 0 amide bonds. The molecule has 0 aliphatic heterocycles. The zero-order valence-corrected chi connectivity index (χ0v) is 11.3. The van der Waals surface area contributed by atoms with Crippen LogP contribution in [0.4, 0.5) is 0 Å². The molecule has 0 N–H and O–H groups in total. The van der Waals surface area contributed by atoms with Crippen molar-refractivity contribution in [2.45, 2.75) is 52.6 Å². The average Bonchev–Trinajstić information content (AvgIpc) is 1.82. The van der Waals surface area contributed by atoms with Gasteiger partial charge in [-0.25, -0.2) is 0 Å². The molecule has 0 radical (unpaired) electrons. The Hall–Kier alpha value is 0.354. The van der Waals surface area contributed by atoms with Crippen LogP contribution >= 0.6 is 0 Å². The highest BCUT2D eigenvalue weighted by Crippen LogP contribution is 2.08. The maximum Gasteiger partial charge on any atom is 0.308 e. The van der Waals surface area contributed by atoms with Crippen LogP contribution in [0.25, 0.3) is 0 Å². The molecule has 2 nitrogen and oxygen atoms in total. The minimum Gasteiger partial charge on any atom is -0.438 e. The highest BCUT2D eigenvalue weighted by atomic mass is 28.4. The van der Waals surface area contributed by atoms with Crippen LogP contribution in [-0.4, -0.2) is 23.7 Å². The van der Waals surface area contributed by atoms with E-state index < -0.39 is 17.6 Å². The van der Waals surface area contributed by atoms with Gasteiger partial charge in [-0.3, -0.25) is 0 Å². The molecule has 0 rings (SSSR count). The summed E-state index contributed by atoms with van der Waals surface area (Å²) in [6.45, 7) is 13.0. The minimum atomic E-state index is -1.36. The maximum atomic E-state index is 5.87. The smallest absolute Gasteiger partial charge is 0.308 e. The Bertz CT molecular complexity index is 123. The molecule has 0 aromatic carbocycles. The summed E-state index contributed by atoms with van der Waals surface area (Å²) in [5, 5.41) is 0. The number of hydrogen-bond donors (Lipinski definition) is 0. The SMILES string of the molecule is CCC(C)O[SiH](C)O[Si](C)(C)C. The van der Waals surface area contributed by atoms with Gasteiger partial charge in [0.2, 0.25) is 0 Å². The van der Waals surface area contributed by atoms with Gasteiger partial charge < -0.3 is 8.54 Å². The van der Waals surface area contributed by atoms with E-state index in [4.69, 9.17) is 8.54 Å². The van der Waals surface area contributed by atoms with Crippen molar-refractivity contribution in [3.8, 4) is 0 Å². The summed E-state index contributed by atoms with van der Waals surface area (Å²) in [6, 6.07) is 0. The van der Waals surface area contributed by atoms with Crippen molar-refractivity contribution in [2.75, 3.05) is 0 Å². The predicted octanol–water partition coefficient (Wildman–Crippen LogP) is 2.50. The van der Waals surface area contributed by atoms with Gasteiger partial charge in [-0.05, 0) is 39.5 Å². The summed E-state index contributed by atoms with van der Waals surface area (Å²) in [4.78, 5) is 0. The molecule has 0 saturated carbocycles. The quantitative estimate of drug-likeness (QED) is 0.644. The molecule has 2 atom stereocenters. The standard InChI is InChI=1S/C8H22O2Si2/c1-7-8(2)9-11(3)10-12(4,5)6/h8,11H,7H2,1-6H3. The Morgan fingerprint density at radius 3 is 2.17 bits per heavy atom. The lowest BCUT2D eigenvalue weighted by atomic mass is 10.3. The van der Waals surface area contributed by atoms with Gasteiger partial charge in [0.25, 0.3) is 0 Å². The summed E-state index contributed by atoms with van der Waals surface area (Å²) in [5.41, 5.74) is 0. The fraction of sp³-hybridized carbons (Fsp3) is 1.00. The van der Waals surface area contributed by atoms with Gasteiger partial charge in [0.05, 0.1) is 0 Å². The third kappa shape index (κ3) is 7.03. The van der Waals surface area contributed by atoms with Crippen LogP contribution in [0.15, 0.2) is 0 Å². The molecule has 0 aliphatic rings. The second kappa shape index (κ2) is 5.16. The Labute approximate surface area is 79.2 Å². The van der Waals surface area contributed by atoms with Crippen molar-refractivity contribution in [1.82, 2.24) is 0 Å². The van der Waals surface area contributed by atoms with Crippen molar-refractivity contribution in [1.29, 1.82) is 0 Å². The molecular formula is C8H22O2Si2. The lowest BCUT2D eigenvalue weighted by Crippen LogP contribution is -2.36. The summed E-state index contributed by atoms with van der Waals surface area (Å²) in [7, 11) is -2.70. The third-order valence-electron chi connectivity index (χ3n) is 1.52. The molecule has 2 unspecified atom stereocenters. The van der Waals surface area contributed by atoms with Crippen LogP contribution < -0.4 is 0 Å². The van der Waals surface area contributed by atoms with Crippen LogP contribution in [0.5, 0.6) is 0 Å². The molecule has 0 fully saturated rings. The average molecular weight is 206 g/mol. The fourth-order valence-electron chi connectivity index (χ4n) is 0.949. The maximum absolute atomic E-state index is 5.87. The van der Waals surface area contributed by atoms with Gasteiger partial charge in [-0.15, -0.1) is 0 Å². The monoisotopic (exact) mass is 206 g/mol. The predicted molar refractivity (Wildman–Crippen MR) is 58.3 cm³/mol. The highest BCUT2D eigenvalue weighted by molar-refractivity contribution is 6.75. The van der Waals surface area contributed by atoms with Crippen molar-refractivity contribution >= 4 is 17.6 Å². The van der Waals surface area contributed by atoms with Crippen LogP contribution in [0.1, 0.15) is 20.3 Å². The van der Waals surface area contributed by atoms with E-state index in [2.05, 4.69) is 40.0 Å². The number of hydrogen-bond acceptors (Lipinski definition) is 2. The van der Waals surface area contributed by atoms with E-state index in [-0.39, 0.29) is 0 Å². The Balaban J connectivity index is 3.66. The topological polar surface area (TPSA) is 18.5 Å². The number of rotatable bonds is 5. The van der Waals surface area contributed by atoms with Gasteiger partial charge in [0.1, 0.15) is 0 Å². The van der Waals surface area contributed by atoms with Crippen LogP contribution in [-0.2, 0) is 8.54 Å². The normalized spacial score (nSPS) is 17.5. The second-order valence-electron chi connectivity index (χ2n) is 4.15. The lowest BCUT2D eigenvalue weighted by Gasteiger charge is -2.24. The summed E-state index contributed by atoms with van der Waals surface area (Å²) < 4.78 is 11.6. The van der Waals surface area contributed by atoms with Gasteiger partial charge >= 0.3 is 9.28 Å². The molecule has 0 heterocycles.